The predicted octanol–water partition coefficient (Wildman–Crippen LogP) is 4.32. The van der Waals surface area contributed by atoms with Crippen LogP contribution in [0, 0.1) is 24.7 Å². The van der Waals surface area contributed by atoms with E-state index in [1.54, 1.807) is 7.05 Å². The zero-order valence-corrected chi connectivity index (χ0v) is 23.6. The van der Waals surface area contributed by atoms with Gasteiger partial charge >= 0.3 is 6.09 Å². The average Bonchev–Trinajstić information content (AvgIpc) is 2.97. The molecule has 226 valence electrons. The Hall–Kier alpha value is -3.35. The molecule has 40 heavy (non-hydrogen) atoms. The number of amides is 3. The number of nitrogens with one attached hydrogen (secondary N) is 3. The number of hydrogen-bond acceptors (Lipinski definition) is 6. The van der Waals surface area contributed by atoms with Crippen LogP contribution in [-0.4, -0.2) is 71.1 Å². The Morgan fingerprint density at radius 3 is 1.88 bits per heavy atom. The van der Waals surface area contributed by atoms with Gasteiger partial charge in [0.2, 0.25) is 11.8 Å². The Kier molecular flexibility index (Phi) is 27.8. The minimum absolute atomic E-state index is 0. The molecule has 3 N–H and O–H groups in total. The zero-order valence-electron chi connectivity index (χ0n) is 23.6. The predicted molar refractivity (Wildman–Crippen MR) is 162 cm³/mol. The van der Waals surface area contributed by atoms with Crippen molar-refractivity contribution in [3.8, 4) is 12.8 Å². The number of carbonyl (C=O) groups is 3. The minimum Gasteiger partial charge on any atom is -0.449 e. The number of ether oxygens (including phenoxy) is 3. The molecule has 9 nitrogen and oxygen atoms in total. The van der Waals surface area contributed by atoms with Crippen molar-refractivity contribution >= 4 is 17.9 Å². The number of allylic oxidation sites excluding steroid dienone is 7. The Morgan fingerprint density at radius 1 is 0.800 bits per heavy atom. The van der Waals surface area contributed by atoms with Crippen LogP contribution < -0.4 is 16.0 Å². The van der Waals surface area contributed by atoms with Crippen LogP contribution in [-0.2, 0) is 23.8 Å². The van der Waals surface area contributed by atoms with Gasteiger partial charge in [-0.25, -0.2) is 4.79 Å². The van der Waals surface area contributed by atoms with Crippen LogP contribution >= 0.6 is 0 Å². The SMILES string of the molecule is C.C#C.CC1C=CC=CC1.CNC(=O)CCC(=O)NCCCOCCOCCCNC(=O)OCC1C=CC=CC1. The van der Waals surface area contributed by atoms with E-state index in [0.717, 1.165) is 12.3 Å². The maximum absolute atomic E-state index is 11.6. The molecule has 0 spiro atoms. The van der Waals surface area contributed by atoms with Gasteiger partial charge in [0.15, 0.2) is 0 Å². The quantitative estimate of drug-likeness (QED) is 0.191. The largest absolute Gasteiger partial charge is 0.449 e. The topological polar surface area (TPSA) is 115 Å². The van der Waals surface area contributed by atoms with Crippen molar-refractivity contribution in [2.75, 3.05) is 53.2 Å². The third-order valence-electron chi connectivity index (χ3n) is 5.44. The van der Waals surface area contributed by atoms with Crippen LogP contribution in [0.3, 0.4) is 0 Å². The normalized spacial score (nSPS) is 16.2. The second kappa shape index (κ2) is 28.7. The molecule has 2 atom stereocenters. The van der Waals surface area contributed by atoms with Gasteiger partial charge in [0.05, 0.1) is 19.8 Å². The molecule has 2 rings (SSSR count). The Bertz CT molecular complexity index is 804. The summed E-state index contributed by atoms with van der Waals surface area (Å²) in [7, 11) is 1.55. The maximum atomic E-state index is 11.6. The second-order valence-electron chi connectivity index (χ2n) is 8.82. The molecule has 3 amide bonds. The fraction of sp³-hybridized carbons (Fsp3) is 0.581. The highest BCUT2D eigenvalue weighted by Crippen LogP contribution is 2.11. The molecular formula is C31H51N3O6. The van der Waals surface area contributed by atoms with Gasteiger partial charge in [0.1, 0.15) is 0 Å². The van der Waals surface area contributed by atoms with Gasteiger partial charge < -0.3 is 30.2 Å². The smallest absolute Gasteiger partial charge is 0.407 e. The molecule has 0 bridgehead atoms. The minimum atomic E-state index is -0.401. The Morgan fingerprint density at radius 2 is 1.38 bits per heavy atom. The van der Waals surface area contributed by atoms with Crippen LogP contribution in [0.4, 0.5) is 4.79 Å². The summed E-state index contributed by atoms with van der Waals surface area (Å²) in [6, 6.07) is 0. The molecule has 2 aliphatic rings. The molecule has 0 fully saturated rings. The Balaban J connectivity index is 0. The molecule has 0 aromatic carbocycles. The molecule has 2 unspecified atom stereocenters. The van der Waals surface area contributed by atoms with Gasteiger partial charge in [0.25, 0.3) is 0 Å². The van der Waals surface area contributed by atoms with E-state index >= 15 is 0 Å². The molecule has 9 heteroatoms. The molecular weight excluding hydrogens is 510 g/mol. The van der Waals surface area contributed by atoms with Crippen molar-refractivity contribution in [3.05, 3.63) is 48.6 Å². The number of hydrogen-bond donors (Lipinski definition) is 3. The first-order valence-electron chi connectivity index (χ1n) is 13.5. The highest BCUT2D eigenvalue weighted by molar-refractivity contribution is 5.83. The molecule has 2 aliphatic carbocycles. The molecule has 0 saturated carbocycles. The van der Waals surface area contributed by atoms with E-state index in [9.17, 15) is 14.4 Å². The number of terminal acetylenes is 1. The third-order valence-corrected chi connectivity index (χ3v) is 5.44. The van der Waals surface area contributed by atoms with E-state index in [4.69, 9.17) is 14.2 Å². The van der Waals surface area contributed by atoms with Crippen LogP contribution in [0.1, 0.15) is 52.9 Å². The maximum Gasteiger partial charge on any atom is 0.407 e. The van der Waals surface area contributed by atoms with E-state index in [1.807, 2.05) is 18.2 Å². The molecule has 0 heterocycles. The van der Waals surface area contributed by atoms with Crippen molar-refractivity contribution in [2.45, 2.75) is 52.9 Å². The standard InChI is InChI=1S/C21H35N3O6.C7H10.C2H2.CH4/c1-22-19(25)9-10-20(26)23-11-5-13-28-15-16-29-14-6-12-24-21(27)30-17-18-7-3-2-4-8-18;1-7-5-3-2-4-6-7;1-2;/h2-4,7,18H,5-6,8-17H2,1H3,(H,22,25)(H,23,26)(H,24,27);2-5,7H,6H2,1H3;1-2H;1H4. The number of rotatable bonds is 16. The first-order valence-corrected chi connectivity index (χ1v) is 13.5. The lowest BCUT2D eigenvalue weighted by Gasteiger charge is -2.13. The molecule has 0 saturated heterocycles. The zero-order chi connectivity index (χ0) is 29.0. The van der Waals surface area contributed by atoms with Crippen LogP contribution in [0.15, 0.2) is 48.6 Å². The van der Waals surface area contributed by atoms with Crippen molar-refractivity contribution in [3.63, 3.8) is 0 Å². The van der Waals surface area contributed by atoms with E-state index in [0.29, 0.717) is 59.0 Å². The third kappa shape index (κ3) is 25.0. The van der Waals surface area contributed by atoms with Crippen LogP contribution in [0.25, 0.3) is 0 Å². The molecule has 0 aromatic rings. The molecule has 0 aliphatic heterocycles. The summed E-state index contributed by atoms with van der Waals surface area (Å²) in [5.41, 5.74) is 0. The summed E-state index contributed by atoms with van der Waals surface area (Å²) in [6.07, 6.45) is 28.2. The van der Waals surface area contributed by atoms with E-state index in [-0.39, 0.29) is 38.0 Å². The number of carbonyl (C=O) groups excluding carboxylic acids is 3. The van der Waals surface area contributed by atoms with Gasteiger partial charge in [-0.3, -0.25) is 9.59 Å². The van der Waals surface area contributed by atoms with Crippen molar-refractivity contribution in [2.24, 2.45) is 11.8 Å². The monoisotopic (exact) mass is 561 g/mol. The fourth-order valence-electron chi connectivity index (χ4n) is 3.22. The van der Waals surface area contributed by atoms with Crippen LogP contribution in [0.5, 0.6) is 0 Å². The van der Waals surface area contributed by atoms with Crippen LogP contribution in [0.2, 0.25) is 0 Å². The van der Waals surface area contributed by atoms with Gasteiger partial charge in [-0.05, 0) is 31.6 Å². The molecule has 0 radical (unpaired) electrons. The summed E-state index contributed by atoms with van der Waals surface area (Å²) in [5.74, 6) is 0.746. The van der Waals surface area contributed by atoms with E-state index in [1.165, 1.54) is 6.42 Å². The lowest BCUT2D eigenvalue weighted by molar-refractivity contribution is -0.126. The lowest BCUT2D eigenvalue weighted by atomic mass is 10.0. The van der Waals surface area contributed by atoms with Gasteiger partial charge in [-0.15, -0.1) is 12.8 Å². The van der Waals surface area contributed by atoms with Gasteiger partial charge in [-0.2, -0.15) is 0 Å². The van der Waals surface area contributed by atoms with Crippen molar-refractivity contribution in [1.29, 1.82) is 0 Å². The number of alkyl carbamates (subject to hydrolysis) is 1. The first kappa shape index (κ1) is 38.8. The average molecular weight is 562 g/mol. The second-order valence-corrected chi connectivity index (χ2v) is 8.82. The fourth-order valence-corrected chi connectivity index (χ4v) is 3.22. The van der Waals surface area contributed by atoms with E-state index in [2.05, 4.69) is 66.1 Å². The summed E-state index contributed by atoms with van der Waals surface area (Å²) in [5, 5.41) is 7.92. The van der Waals surface area contributed by atoms with Crippen molar-refractivity contribution in [1.82, 2.24) is 16.0 Å². The summed E-state index contributed by atoms with van der Waals surface area (Å²) in [4.78, 5) is 34.1. The summed E-state index contributed by atoms with van der Waals surface area (Å²) >= 11 is 0. The lowest BCUT2D eigenvalue weighted by Crippen LogP contribution is -2.28. The highest BCUT2D eigenvalue weighted by Gasteiger charge is 2.09. The van der Waals surface area contributed by atoms with Crippen molar-refractivity contribution < 1.29 is 28.6 Å². The highest BCUT2D eigenvalue weighted by atomic mass is 16.5. The Labute approximate surface area is 241 Å². The van der Waals surface area contributed by atoms with Gasteiger partial charge in [0, 0.05) is 52.1 Å². The van der Waals surface area contributed by atoms with E-state index < -0.39 is 6.09 Å². The summed E-state index contributed by atoms with van der Waals surface area (Å²) < 4.78 is 16.0. The summed E-state index contributed by atoms with van der Waals surface area (Å²) in [6.45, 7) is 5.64. The van der Waals surface area contributed by atoms with Gasteiger partial charge in [-0.1, -0.05) is 63.0 Å². The first-order chi connectivity index (χ1) is 19.0. The molecule has 0 aromatic heterocycles.